The van der Waals surface area contributed by atoms with E-state index in [4.69, 9.17) is 4.74 Å². The number of hydrogen-bond acceptors (Lipinski definition) is 3. The maximum Gasteiger partial charge on any atom is 0.193 e. The number of hydrogen-bond donors (Lipinski definition) is 1. The molecule has 0 aliphatic heterocycles. The zero-order valence-corrected chi connectivity index (χ0v) is 16.5. The van der Waals surface area contributed by atoms with E-state index in [1.807, 2.05) is 72.8 Å². The third kappa shape index (κ3) is 2.49. The maximum atomic E-state index is 13.4. The van der Waals surface area contributed by atoms with Crippen molar-refractivity contribution in [1.82, 2.24) is 0 Å². The summed E-state index contributed by atoms with van der Waals surface area (Å²) < 4.78 is 5.38. The van der Waals surface area contributed by atoms with Gasteiger partial charge in [-0.25, -0.2) is 0 Å². The lowest BCUT2D eigenvalue weighted by atomic mass is 9.59. The van der Waals surface area contributed by atoms with E-state index >= 15 is 0 Å². The maximum absolute atomic E-state index is 13.4. The van der Waals surface area contributed by atoms with Crippen LogP contribution in [-0.4, -0.2) is 18.0 Å². The van der Waals surface area contributed by atoms with Crippen molar-refractivity contribution in [3.05, 3.63) is 130 Å². The van der Waals surface area contributed by atoms with Crippen LogP contribution >= 0.6 is 0 Å². The zero-order valence-electron chi connectivity index (χ0n) is 16.5. The molecule has 1 aliphatic rings. The lowest BCUT2D eigenvalue weighted by Crippen LogP contribution is -2.38. The van der Waals surface area contributed by atoms with Gasteiger partial charge in [0.25, 0.3) is 0 Å². The van der Waals surface area contributed by atoms with Gasteiger partial charge in [-0.1, -0.05) is 72.8 Å². The molecular weight excluding hydrogens is 372 g/mol. The van der Waals surface area contributed by atoms with Crippen LogP contribution in [0.3, 0.4) is 0 Å². The molecule has 0 saturated heterocycles. The van der Waals surface area contributed by atoms with Gasteiger partial charge in [0.2, 0.25) is 0 Å². The van der Waals surface area contributed by atoms with Crippen LogP contribution in [0.15, 0.2) is 97.1 Å². The van der Waals surface area contributed by atoms with Gasteiger partial charge in [0, 0.05) is 11.1 Å². The number of fused-ring (bicyclic) bond motifs is 2. The van der Waals surface area contributed by atoms with E-state index in [2.05, 4.69) is 12.1 Å². The van der Waals surface area contributed by atoms with Gasteiger partial charge in [0.15, 0.2) is 5.78 Å². The third-order valence-corrected chi connectivity index (χ3v) is 5.97. The molecule has 0 radical (unpaired) electrons. The Morgan fingerprint density at radius 1 is 0.667 bits per heavy atom. The molecule has 0 unspecified atom stereocenters. The minimum absolute atomic E-state index is 0.0316. The molecule has 0 aromatic heterocycles. The molecule has 5 rings (SSSR count). The highest BCUT2D eigenvalue weighted by Crippen LogP contribution is 2.51. The number of carbonyl (C=O) groups is 1. The molecule has 3 heteroatoms. The van der Waals surface area contributed by atoms with Gasteiger partial charge < -0.3 is 9.84 Å². The number of phenolic OH excluding ortho intramolecular Hbond substituents is 1. The van der Waals surface area contributed by atoms with Crippen molar-refractivity contribution in [2.45, 2.75) is 5.41 Å². The van der Waals surface area contributed by atoms with E-state index in [1.54, 1.807) is 19.2 Å². The molecule has 30 heavy (non-hydrogen) atoms. The molecule has 1 N–H and O–H groups in total. The van der Waals surface area contributed by atoms with Crippen molar-refractivity contribution in [2.75, 3.05) is 7.11 Å². The molecule has 0 fully saturated rings. The molecule has 0 bridgehead atoms. The summed E-state index contributed by atoms with van der Waals surface area (Å²) in [6, 6.07) is 30.8. The lowest BCUT2D eigenvalue weighted by molar-refractivity contribution is 0.103. The Balaban J connectivity index is 1.95. The van der Waals surface area contributed by atoms with Gasteiger partial charge in [-0.2, -0.15) is 0 Å². The van der Waals surface area contributed by atoms with Crippen molar-refractivity contribution in [3.8, 4) is 11.5 Å². The molecule has 0 spiro atoms. The van der Waals surface area contributed by atoms with Crippen molar-refractivity contribution in [2.24, 2.45) is 0 Å². The minimum atomic E-state index is -0.693. The second-order valence-electron chi connectivity index (χ2n) is 7.45. The number of methoxy groups -OCH3 is 1. The monoisotopic (exact) mass is 392 g/mol. The molecule has 0 heterocycles. The first kappa shape index (κ1) is 18.2. The summed E-state index contributed by atoms with van der Waals surface area (Å²) in [5, 5.41) is 9.94. The molecule has 3 nitrogen and oxygen atoms in total. The van der Waals surface area contributed by atoms with Gasteiger partial charge in [-0.05, 0) is 46.5 Å². The fourth-order valence-corrected chi connectivity index (χ4v) is 4.65. The van der Waals surface area contributed by atoms with Crippen LogP contribution in [0, 0.1) is 0 Å². The fourth-order valence-electron chi connectivity index (χ4n) is 4.65. The molecule has 4 aromatic carbocycles. The predicted molar refractivity (Wildman–Crippen MR) is 116 cm³/mol. The minimum Gasteiger partial charge on any atom is -0.508 e. The summed E-state index contributed by atoms with van der Waals surface area (Å²) in [6.07, 6.45) is 0. The normalized spacial score (nSPS) is 14.0. The van der Waals surface area contributed by atoms with Gasteiger partial charge in [0.1, 0.15) is 11.5 Å². The summed E-state index contributed by atoms with van der Waals surface area (Å²) >= 11 is 0. The highest BCUT2D eigenvalue weighted by atomic mass is 16.5. The van der Waals surface area contributed by atoms with E-state index in [0.717, 1.165) is 28.0 Å². The van der Waals surface area contributed by atoms with E-state index in [9.17, 15) is 9.90 Å². The van der Waals surface area contributed by atoms with Crippen LogP contribution in [0.2, 0.25) is 0 Å². The van der Waals surface area contributed by atoms with Crippen molar-refractivity contribution >= 4 is 5.78 Å². The quantitative estimate of drug-likeness (QED) is 0.452. The zero-order chi connectivity index (χ0) is 20.7. The summed E-state index contributed by atoms with van der Waals surface area (Å²) in [5.41, 5.74) is 4.58. The number of benzene rings is 4. The smallest absolute Gasteiger partial charge is 0.193 e. The first-order chi connectivity index (χ1) is 14.7. The Labute approximate surface area is 175 Å². The Morgan fingerprint density at radius 2 is 1.13 bits per heavy atom. The molecular formula is C27H20O3. The van der Waals surface area contributed by atoms with Crippen molar-refractivity contribution in [1.29, 1.82) is 0 Å². The number of carbonyl (C=O) groups excluding carboxylic acids is 1. The standard InChI is InChI=1S/C27H20O3/c1-30-21-16-12-19(13-17-21)27(18-10-14-20(28)15-11-18)24-8-4-2-6-22(24)26(29)23-7-3-5-9-25(23)27/h2-17,28H,1H3. The van der Waals surface area contributed by atoms with E-state index in [0.29, 0.717) is 11.1 Å². The fraction of sp³-hybridized carbons (Fsp3) is 0.0741. The summed E-state index contributed by atoms with van der Waals surface area (Å²) in [4.78, 5) is 13.4. The molecule has 1 aliphatic carbocycles. The number of phenols is 1. The Bertz CT molecular complexity index is 1190. The van der Waals surface area contributed by atoms with Crippen LogP contribution in [-0.2, 0) is 5.41 Å². The number of rotatable bonds is 3. The highest BCUT2D eigenvalue weighted by molar-refractivity contribution is 6.14. The number of ether oxygens (including phenoxy) is 1. The Morgan fingerprint density at radius 3 is 1.63 bits per heavy atom. The number of ketones is 1. The Hall–Kier alpha value is -3.85. The Kier molecular flexibility index (Phi) is 4.18. The SMILES string of the molecule is COc1ccc(C2(c3ccc(O)cc3)c3ccccc3C(=O)c3ccccc32)cc1. The summed E-state index contributed by atoms with van der Waals surface area (Å²) in [6.45, 7) is 0. The highest BCUT2D eigenvalue weighted by Gasteiger charge is 2.46. The first-order valence-electron chi connectivity index (χ1n) is 9.84. The molecule has 4 aromatic rings. The summed E-state index contributed by atoms with van der Waals surface area (Å²) in [7, 11) is 1.65. The largest absolute Gasteiger partial charge is 0.508 e. The predicted octanol–water partition coefficient (Wildman–Crippen LogP) is 5.33. The van der Waals surface area contributed by atoms with Crippen LogP contribution in [0.4, 0.5) is 0 Å². The van der Waals surface area contributed by atoms with Gasteiger partial charge in [-0.3, -0.25) is 4.79 Å². The first-order valence-corrected chi connectivity index (χ1v) is 9.84. The second kappa shape index (κ2) is 6.89. The molecule has 0 saturated carbocycles. The van der Waals surface area contributed by atoms with Crippen LogP contribution in [0.5, 0.6) is 11.5 Å². The second-order valence-corrected chi connectivity index (χ2v) is 7.45. The van der Waals surface area contributed by atoms with Crippen LogP contribution < -0.4 is 4.74 Å². The third-order valence-electron chi connectivity index (χ3n) is 5.97. The van der Waals surface area contributed by atoms with E-state index in [1.165, 1.54) is 0 Å². The average Bonchev–Trinajstić information content (AvgIpc) is 2.81. The summed E-state index contributed by atoms with van der Waals surface area (Å²) in [5.74, 6) is 1.01. The van der Waals surface area contributed by atoms with Crippen LogP contribution in [0.1, 0.15) is 38.2 Å². The number of aromatic hydroxyl groups is 1. The van der Waals surface area contributed by atoms with Crippen LogP contribution in [0.25, 0.3) is 0 Å². The molecule has 0 atom stereocenters. The topological polar surface area (TPSA) is 46.5 Å². The van der Waals surface area contributed by atoms with Gasteiger partial charge >= 0.3 is 0 Å². The van der Waals surface area contributed by atoms with E-state index in [-0.39, 0.29) is 11.5 Å². The van der Waals surface area contributed by atoms with Gasteiger partial charge in [-0.15, -0.1) is 0 Å². The average molecular weight is 392 g/mol. The molecule has 0 amide bonds. The van der Waals surface area contributed by atoms with E-state index < -0.39 is 5.41 Å². The van der Waals surface area contributed by atoms with Gasteiger partial charge in [0.05, 0.1) is 12.5 Å². The lowest BCUT2D eigenvalue weighted by Gasteiger charge is -2.41. The molecule has 146 valence electrons. The van der Waals surface area contributed by atoms with Crippen molar-refractivity contribution in [3.63, 3.8) is 0 Å². The van der Waals surface area contributed by atoms with Crippen molar-refractivity contribution < 1.29 is 14.6 Å².